The molecule has 13 heavy (non-hydrogen) atoms. The van der Waals surface area contributed by atoms with Crippen molar-refractivity contribution in [1.82, 2.24) is 0 Å². The van der Waals surface area contributed by atoms with Gasteiger partial charge < -0.3 is 4.74 Å². The lowest BCUT2D eigenvalue weighted by atomic mass is 10.0. The number of hydrogen-bond donors (Lipinski definition) is 0. The van der Waals surface area contributed by atoms with Crippen molar-refractivity contribution in [2.75, 3.05) is 7.11 Å². The number of halogens is 1. The third-order valence-corrected chi connectivity index (χ3v) is 1.87. The van der Waals surface area contributed by atoms with E-state index in [1.54, 1.807) is 13.0 Å². The van der Waals surface area contributed by atoms with E-state index in [0.717, 1.165) is 0 Å². The van der Waals surface area contributed by atoms with Crippen LogP contribution in [0.3, 0.4) is 0 Å². The van der Waals surface area contributed by atoms with E-state index >= 15 is 0 Å². The Morgan fingerprint density at radius 3 is 2.69 bits per heavy atom. The molecule has 0 aliphatic rings. The van der Waals surface area contributed by atoms with Crippen LogP contribution in [0.2, 0.25) is 0 Å². The van der Waals surface area contributed by atoms with Crippen molar-refractivity contribution in [3.8, 4) is 11.8 Å². The Kier molecular flexibility index (Phi) is 2.86. The van der Waals surface area contributed by atoms with Crippen molar-refractivity contribution in [1.29, 1.82) is 5.26 Å². The maximum Gasteiger partial charge on any atom is 0.165 e. The minimum Gasteiger partial charge on any atom is -0.494 e. The number of ether oxygens (including phenoxy) is 1. The standard InChI is InChI=1S/C10H10FNO/c1-7(6-12)8-3-4-10(13-2)9(11)5-8/h3-5,7H,1-2H3/t7-/m0/s1. The Morgan fingerprint density at radius 1 is 1.54 bits per heavy atom. The van der Waals surface area contributed by atoms with Crippen molar-refractivity contribution in [2.45, 2.75) is 12.8 Å². The molecule has 0 saturated heterocycles. The molecule has 1 aromatic carbocycles. The topological polar surface area (TPSA) is 33.0 Å². The lowest BCUT2D eigenvalue weighted by Crippen LogP contribution is -1.93. The summed E-state index contributed by atoms with van der Waals surface area (Å²) >= 11 is 0. The highest BCUT2D eigenvalue weighted by atomic mass is 19.1. The molecule has 0 fully saturated rings. The maximum atomic E-state index is 13.1. The van der Waals surface area contributed by atoms with Gasteiger partial charge in [0, 0.05) is 0 Å². The second kappa shape index (κ2) is 3.90. The summed E-state index contributed by atoms with van der Waals surface area (Å²) < 4.78 is 17.9. The number of methoxy groups -OCH3 is 1. The highest BCUT2D eigenvalue weighted by Crippen LogP contribution is 2.22. The van der Waals surface area contributed by atoms with Crippen molar-refractivity contribution in [2.24, 2.45) is 0 Å². The summed E-state index contributed by atoms with van der Waals surface area (Å²) in [5.41, 5.74) is 0.667. The van der Waals surface area contributed by atoms with Gasteiger partial charge in [0.05, 0.1) is 19.1 Å². The van der Waals surface area contributed by atoms with Gasteiger partial charge in [0.25, 0.3) is 0 Å². The van der Waals surface area contributed by atoms with E-state index in [0.29, 0.717) is 5.56 Å². The van der Waals surface area contributed by atoms with Gasteiger partial charge >= 0.3 is 0 Å². The molecule has 0 heterocycles. The first kappa shape index (κ1) is 9.53. The number of hydrogen-bond acceptors (Lipinski definition) is 2. The van der Waals surface area contributed by atoms with Gasteiger partial charge in [0.15, 0.2) is 11.6 Å². The summed E-state index contributed by atoms with van der Waals surface area (Å²) in [4.78, 5) is 0. The SMILES string of the molecule is COc1ccc([C@@H](C)C#N)cc1F. The fourth-order valence-corrected chi connectivity index (χ4v) is 1.03. The molecule has 0 N–H and O–H groups in total. The average Bonchev–Trinajstić information content (AvgIpc) is 2.16. The summed E-state index contributed by atoms with van der Waals surface area (Å²) in [5, 5.41) is 8.60. The van der Waals surface area contributed by atoms with Crippen LogP contribution in [0.25, 0.3) is 0 Å². The first-order valence-corrected chi connectivity index (χ1v) is 3.92. The second-order valence-corrected chi connectivity index (χ2v) is 2.74. The third-order valence-electron chi connectivity index (χ3n) is 1.87. The van der Waals surface area contributed by atoms with Crippen LogP contribution in [0.1, 0.15) is 18.4 Å². The van der Waals surface area contributed by atoms with E-state index in [1.807, 2.05) is 6.07 Å². The largest absolute Gasteiger partial charge is 0.494 e. The summed E-state index contributed by atoms with van der Waals surface area (Å²) in [6.45, 7) is 1.72. The monoisotopic (exact) mass is 179 g/mol. The van der Waals surface area contributed by atoms with Gasteiger partial charge in [-0.15, -0.1) is 0 Å². The van der Waals surface area contributed by atoms with Crippen molar-refractivity contribution >= 4 is 0 Å². The van der Waals surface area contributed by atoms with Crippen LogP contribution < -0.4 is 4.74 Å². The lowest BCUT2D eigenvalue weighted by Gasteiger charge is -2.05. The minimum atomic E-state index is -0.429. The molecule has 0 unspecified atom stereocenters. The van der Waals surface area contributed by atoms with Crippen LogP contribution in [0.5, 0.6) is 5.75 Å². The minimum absolute atomic E-state index is 0.203. The number of nitrogens with zero attached hydrogens (tertiary/aromatic N) is 1. The van der Waals surface area contributed by atoms with Crippen molar-refractivity contribution in [3.63, 3.8) is 0 Å². The van der Waals surface area contributed by atoms with Crippen LogP contribution >= 0.6 is 0 Å². The fraction of sp³-hybridized carbons (Fsp3) is 0.300. The van der Waals surface area contributed by atoms with Gasteiger partial charge in [0.2, 0.25) is 0 Å². The molecule has 1 atom stereocenters. The van der Waals surface area contributed by atoms with E-state index in [9.17, 15) is 4.39 Å². The van der Waals surface area contributed by atoms with Crippen LogP contribution in [-0.4, -0.2) is 7.11 Å². The van der Waals surface area contributed by atoms with Gasteiger partial charge in [-0.2, -0.15) is 5.26 Å². The highest BCUT2D eigenvalue weighted by molar-refractivity contribution is 5.32. The predicted molar refractivity (Wildman–Crippen MR) is 47.0 cm³/mol. The van der Waals surface area contributed by atoms with Gasteiger partial charge in [-0.3, -0.25) is 0 Å². The first-order chi connectivity index (χ1) is 6.19. The Balaban J connectivity index is 3.04. The molecule has 1 rings (SSSR count). The smallest absolute Gasteiger partial charge is 0.165 e. The van der Waals surface area contributed by atoms with Crippen LogP contribution in [0, 0.1) is 17.1 Å². The molecule has 0 bridgehead atoms. The van der Waals surface area contributed by atoms with E-state index in [2.05, 4.69) is 0 Å². The van der Waals surface area contributed by atoms with Crippen LogP contribution in [0.15, 0.2) is 18.2 Å². The van der Waals surface area contributed by atoms with Gasteiger partial charge in [-0.25, -0.2) is 4.39 Å². The molecule has 0 radical (unpaired) electrons. The fourth-order valence-electron chi connectivity index (χ4n) is 1.03. The maximum absolute atomic E-state index is 13.1. The number of rotatable bonds is 2. The molecule has 3 heteroatoms. The molecule has 0 spiro atoms. The highest BCUT2D eigenvalue weighted by Gasteiger charge is 2.07. The van der Waals surface area contributed by atoms with Gasteiger partial charge in [-0.05, 0) is 24.6 Å². The van der Waals surface area contributed by atoms with Gasteiger partial charge in [-0.1, -0.05) is 6.07 Å². The molecule has 0 aliphatic heterocycles. The molecule has 1 aromatic rings. The zero-order chi connectivity index (χ0) is 9.84. The molecule has 0 saturated carbocycles. The van der Waals surface area contributed by atoms with Crippen molar-refractivity contribution in [3.05, 3.63) is 29.6 Å². The molecular formula is C10H10FNO. The normalized spacial score (nSPS) is 11.8. The van der Waals surface area contributed by atoms with Gasteiger partial charge in [0.1, 0.15) is 0 Å². The Labute approximate surface area is 76.6 Å². The summed E-state index contributed by atoms with van der Waals surface area (Å²) in [7, 11) is 1.41. The van der Waals surface area contributed by atoms with Crippen LogP contribution in [0.4, 0.5) is 4.39 Å². The molecular weight excluding hydrogens is 169 g/mol. The second-order valence-electron chi connectivity index (χ2n) is 2.74. The third kappa shape index (κ3) is 1.97. The first-order valence-electron chi connectivity index (χ1n) is 3.92. The Bertz CT molecular complexity index is 343. The van der Waals surface area contributed by atoms with E-state index < -0.39 is 5.82 Å². The summed E-state index contributed by atoms with van der Waals surface area (Å²) in [5.74, 6) is -0.517. The Morgan fingerprint density at radius 2 is 2.23 bits per heavy atom. The molecule has 0 aliphatic carbocycles. The van der Waals surface area contributed by atoms with E-state index in [4.69, 9.17) is 10.00 Å². The summed E-state index contributed by atoms with van der Waals surface area (Å²) in [6, 6.07) is 6.58. The summed E-state index contributed by atoms with van der Waals surface area (Å²) in [6.07, 6.45) is 0. The average molecular weight is 179 g/mol. The van der Waals surface area contributed by atoms with E-state index in [1.165, 1.54) is 19.2 Å². The zero-order valence-electron chi connectivity index (χ0n) is 7.54. The number of nitriles is 1. The van der Waals surface area contributed by atoms with E-state index in [-0.39, 0.29) is 11.7 Å². The number of benzene rings is 1. The predicted octanol–water partition coefficient (Wildman–Crippen LogP) is 2.46. The Hall–Kier alpha value is -1.56. The van der Waals surface area contributed by atoms with Crippen LogP contribution in [-0.2, 0) is 0 Å². The zero-order valence-corrected chi connectivity index (χ0v) is 7.54. The molecule has 0 aromatic heterocycles. The van der Waals surface area contributed by atoms with Crippen molar-refractivity contribution < 1.29 is 9.13 Å². The molecule has 68 valence electrons. The quantitative estimate of drug-likeness (QED) is 0.698. The lowest BCUT2D eigenvalue weighted by molar-refractivity contribution is 0.386. The molecule has 0 amide bonds. The molecule has 2 nitrogen and oxygen atoms in total.